The molecule has 0 aromatic carbocycles. The van der Waals surface area contributed by atoms with E-state index in [4.69, 9.17) is 80.0 Å². The third kappa shape index (κ3) is 269. The molecule has 0 amide bonds. The first-order chi connectivity index (χ1) is 17.9. The molecule has 0 rings (SSSR count). The van der Waals surface area contributed by atoms with Gasteiger partial charge in [0, 0.05) is 53.4 Å². The molecular weight excluding hydrogens is 648 g/mol. The van der Waals surface area contributed by atoms with Crippen molar-refractivity contribution in [3.63, 3.8) is 0 Å². The van der Waals surface area contributed by atoms with Crippen LogP contribution in [0.3, 0.4) is 0 Å². The smallest absolute Gasteiger partial charge is 0.342 e. The summed E-state index contributed by atoms with van der Waals surface area (Å²) in [6.07, 6.45) is 1.59. The number of carboxylic acid groups (broad SMARTS) is 6. The van der Waals surface area contributed by atoms with Gasteiger partial charge in [-0.25, -0.2) is 4.79 Å². The van der Waals surface area contributed by atoms with Crippen LogP contribution in [0.25, 0.3) is 0 Å². The van der Waals surface area contributed by atoms with Crippen LogP contribution in [0.15, 0.2) is 0 Å². The van der Waals surface area contributed by atoms with Crippen molar-refractivity contribution >= 4 is 82.3 Å². The Kier molecular flexibility index (Phi) is 99.0. The van der Waals surface area contributed by atoms with Crippen LogP contribution in [0.4, 0.5) is 0 Å². The number of hydrogen-bond acceptors (Lipinski definition) is 12. The first-order valence-corrected chi connectivity index (χ1v) is 10.8. The second-order valence-corrected chi connectivity index (χ2v) is 6.66. The van der Waals surface area contributed by atoms with Crippen LogP contribution in [-0.4, -0.2) is 113 Å². The van der Waals surface area contributed by atoms with Crippen LogP contribution >= 0.6 is 40.5 Å². The number of aliphatic hydroxyl groups is 3. The highest BCUT2D eigenvalue weighted by Crippen LogP contribution is 2.18. The van der Waals surface area contributed by atoms with Gasteiger partial charge in [0.25, 0.3) is 35.8 Å². The largest absolute Gasteiger partial charge is 0.481 e. The van der Waals surface area contributed by atoms with Crippen LogP contribution in [0.2, 0.25) is 0 Å². The molecule has 0 aliphatic heterocycles. The molecule has 21 heteroatoms. The lowest BCUT2D eigenvalue weighted by molar-refractivity contribution is -0.234. The minimum absolute atomic E-state index is 0. The molecule has 0 unspecified atom stereocenters. The Hall–Kier alpha value is -2.82. The Morgan fingerprint density at radius 1 is 0.512 bits per heavy atom. The van der Waals surface area contributed by atoms with E-state index < -0.39 is 47.2 Å². The van der Waals surface area contributed by atoms with E-state index in [0.29, 0.717) is 12.8 Å². The number of carbonyl (C=O) groups is 7. The summed E-state index contributed by atoms with van der Waals surface area (Å²) in [4.78, 5) is 67.3. The number of carbonyl (C=O) groups excluding carboxylic acids is 1. The average molecular weight is 701 g/mol. The number of rotatable bonds is 6. The molecule has 0 heterocycles. The van der Waals surface area contributed by atoms with E-state index in [9.17, 15) is 4.79 Å². The fourth-order valence-electron chi connectivity index (χ4n) is 0.735. The van der Waals surface area contributed by atoms with Crippen LogP contribution in [0.5, 0.6) is 0 Å². The minimum Gasteiger partial charge on any atom is -0.481 e. The van der Waals surface area contributed by atoms with Gasteiger partial charge in [-0.3, -0.25) is 28.8 Å². The molecule has 0 aromatic heterocycles. The van der Waals surface area contributed by atoms with Crippen molar-refractivity contribution in [2.24, 2.45) is 5.41 Å². The Bertz CT molecular complexity index is 523. The topological polar surface area (TPSA) is 331 Å². The van der Waals surface area contributed by atoms with E-state index in [1.165, 1.54) is 0 Å². The summed E-state index contributed by atoms with van der Waals surface area (Å²) in [5.41, 5.74) is -0.667. The lowest BCUT2D eigenvalue weighted by Crippen LogP contribution is -2.32. The molecule has 10 N–H and O–H groups in total. The van der Waals surface area contributed by atoms with Gasteiger partial charge in [0.05, 0.1) is 19.8 Å². The maximum absolute atomic E-state index is 9.94. The summed E-state index contributed by atoms with van der Waals surface area (Å²) in [6, 6.07) is 0. The van der Waals surface area contributed by atoms with Crippen molar-refractivity contribution in [1.82, 2.24) is 0 Å². The number of hydrogen-bond donors (Lipinski definition) is 10. The van der Waals surface area contributed by atoms with Gasteiger partial charge in [-0.15, -0.1) is 0 Å². The van der Waals surface area contributed by atoms with Gasteiger partial charge in [0.15, 0.2) is 0 Å². The van der Waals surface area contributed by atoms with Crippen LogP contribution in [0.1, 0.15) is 74.7 Å². The van der Waals surface area contributed by atoms with Gasteiger partial charge in [-0.1, -0.05) is 13.8 Å². The maximum Gasteiger partial charge on any atom is 0.342 e. The number of aliphatic carboxylic acids is 6. The Labute approximate surface area is 271 Å². The Morgan fingerprint density at radius 2 is 0.674 bits per heavy atom. The van der Waals surface area contributed by atoms with E-state index in [0.717, 1.165) is 41.5 Å². The molecule has 0 aliphatic carbocycles. The van der Waals surface area contributed by atoms with Gasteiger partial charge < -0.3 is 50.8 Å². The van der Waals surface area contributed by atoms with Crippen molar-refractivity contribution in [1.29, 1.82) is 0 Å². The molecule has 266 valence electrons. The predicted octanol–water partition coefficient (Wildman–Crippen LogP) is 1.05. The molecule has 0 atom stereocenters. The zero-order valence-electron chi connectivity index (χ0n) is 25.5. The lowest BCUT2D eigenvalue weighted by atomic mass is 9.88. The lowest BCUT2D eigenvalue weighted by Gasteiger charge is -2.24. The summed E-state index contributed by atoms with van der Waals surface area (Å²) in [7, 11) is 0. The molecule has 0 spiro atoms. The van der Waals surface area contributed by atoms with E-state index in [1.807, 2.05) is 13.8 Å². The quantitative estimate of drug-likeness (QED) is 0.137. The van der Waals surface area contributed by atoms with Gasteiger partial charge in [-0.05, 0) is 12.8 Å². The molecule has 0 saturated carbocycles. The van der Waals surface area contributed by atoms with Gasteiger partial charge in [0.1, 0.15) is 0 Å². The SMILES string of the molecule is CC(=O)O.CC(=O)O.CC(=O)O.CC(=O)O.CC(=O)O.CC(=O)O.CCC(CO)(CO)CO.CCCC(=O)OO.S.S.S. The van der Waals surface area contributed by atoms with Crippen molar-refractivity contribution < 1.29 is 89.7 Å². The molecule has 0 bridgehead atoms. The van der Waals surface area contributed by atoms with Gasteiger partial charge in [-0.2, -0.15) is 45.7 Å². The Balaban J connectivity index is -0.0000000307. The maximum atomic E-state index is 9.94. The summed E-state index contributed by atoms with van der Waals surface area (Å²) < 4.78 is 0. The molecule has 0 fully saturated rings. The molecule has 18 nitrogen and oxygen atoms in total. The van der Waals surface area contributed by atoms with Crippen molar-refractivity contribution in [3.05, 3.63) is 0 Å². The first kappa shape index (κ1) is 72.4. The summed E-state index contributed by atoms with van der Waals surface area (Å²) in [5.74, 6) is -5.57. The molecule has 0 saturated heterocycles. The predicted molar refractivity (Wildman–Crippen MR) is 169 cm³/mol. The minimum atomic E-state index is -0.833. The van der Waals surface area contributed by atoms with Crippen LogP contribution in [0, 0.1) is 5.41 Å². The van der Waals surface area contributed by atoms with E-state index in [1.54, 1.807) is 0 Å². The summed E-state index contributed by atoms with van der Waals surface area (Å²) in [5, 5.41) is 78.1. The summed E-state index contributed by atoms with van der Waals surface area (Å²) in [6.45, 7) is 9.68. The fraction of sp³-hybridized carbons (Fsp3) is 0.682. The average Bonchev–Trinajstić information content (AvgIpc) is 2.74. The second-order valence-electron chi connectivity index (χ2n) is 6.66. The van der Waals surface area contributed by atoms with Crippen molar-refractivity contribution in [2.75, 3.05) is 19.8 Å². The number of carboxylic acids is 6. The Morgan fingerprint density at radius 3 is 0.698 bits per heavy atom. The van der Waals surface area contributed by atoms with Crippen LogP contribution in [-0.2, 0) is 38.4 Å². The van der Waals surface area contributed by atoms with Gasteiger partial charge in [0.2, 0.25) is 0 Å². The zero-order valence-corrected chi connectivity index (χ0v) is 28.5. The van der Waals surface area contributed by atoms with Crippen molar-refractivity contribution in [3.8, 4) is 0 Å². The van der Waals surface area contributed by atoms with Crippen LogP contribution < -0.4 is 0 Å². The van der Waals surface area contributed by atoms with E-state index >= 15 is 0 Å². The highest BCUT2D eigenvalue weighted by atomic mass is 32.1. The molecule has 0 aromatic rings. The normalized spacial score (nSPS) is 7.35. The fourth-order valence-corrected chi connectivity index (χ4v) is 0.735. The molecule has 43 heavy (non-hydrogen) atoms. The van der Waals surface area contributed by atoms with Gasteiger partial charge >= 0.3 is 5.97 Å². The van der Waals surface area contributed by atoms with Crippen molar-refractivity contribution in [2.45, 2.75) is 74.7 Å². The molecular formula is C22H52O18S3. The third-order valence-corrected chi connectivity index (χ3v) is 2.31. The first-order valence-electron chi connectivity index (χ1n) is 10.8. The summed E-state index contributed by atoms with van der Waals surface area (Å²) >= 11 is 0. The third-order valence-electron chi connectivity index (χ3n) is 2.31. The molecule has 0 radical (unpaired) electrons. The standard InChI is InChI=1S/C6H14O3.C4H8O3.6C2H4O2.3H2S/c1-2-6(3-7,4-8)5-9;1-2-3-4(5)7-6;6*1-2(3)4;;;/h7-9H,2-5H2,1H3;6H,2-3H2,1H3;6*1H3,(H,3,4);3*1H2. The monoisotopic (exact) mass is 700 g/mol. The molecule has 0 aliphatic rings. The zero-order chi connectivity index (χ0) is 34.5. The van der Waals surface area contributed by atoms with E-state index in [-0.39, 0.29) is 66.7 Å². The highest BCUT2D eigenvalue weighted by molar-refractivity contribution is 7.59. The highest BCUT2D eigenvalue weighted by Gasteiger charge is 2.24. The second kappa shape index (κ2) is 58.7. The number of aliphatic hydroxyl groups excluding tert-OH is 3. The van der Waals surface area contributed by atoms with E-state index in [2.05, 4.69) is 4.89 Å².